The van der Waals surface area contributed by atoms with Crippen molar-refractivity contribution in [3.8, 4) is 5.69 Å². The van der Waals surface area contributed by atoms with Gasteiger partial charge in [-0.3, -0.25) is 4.79 Å². The Morgan fingerprint density at radius 1 is 1.12 bits per heavy atom. The van der Waals surface area contributed by atoms with E-state index in [9.17, 15) is 9.18 Å². The van der Waals surface area contributed by atoms with Gasteiger partial charge in [0.2, 0.25) is 5.91 Å². The van der Waals surface area contributed by atoms with Crippen LogP contribution >= 0.6 is 0 Å². The summed E-state index contributed by atoms with van der Waals surface area (Å²) in [6.45, 7) is 2.44. The monoisotopic (exact) mass is 350 g/mol. The van der Waals surface area contributed by atoms with Crippen LogP contribution in [0, 0.1) is 12.7 Å². The third-order valence-electron chi connectivity index (χ3n) is 4.69. The molecule has 0 aliphatic carbocycles. The Kier molecular flexibility index (Phi) is 4.16. The molecule has 2 heterocycles. The van der Waals surface area contributed by atoms with Gasteiger partial charge in [0.05, 0.1) is 29.0 Å². The Balaban J connectivity index is 1.53. The first-order chi connectivity index (χ1) is 12.6. The standard InChI is InChI=1S/C20H19FN4O/c1-14-18(13-22-25(14)15-7-3-2-4-8-15)23-17-11-12-24(20(17)26)19-10-6-5-9-16(19)21/h2-10,13,17,23H,11-12H2,1H3. The summed E-state index contributed by atoms with van der Waals surface area (Å²) in [5, 5.41) is 7.68. The number of halogens is 1. The lowest BCUT2D eigenvalue weighted by Gasteiger charge is -2.18. The summed E-state index contributed by atoms with van der Waals surface area (Å²) in [4.78, 5) is 14.2. The molecular weight excluding hydrogens is 331 g/mol. The van der Waals surface area contributed by atoms with Crippen molar-refractivity contribution in [3.63, 3.8) is 0 Å². The molecule has 26 heavy (non-hydrogen) atoms. The summed E-state index contributed by atoms with van der Waals surface area (Å²) in [6, 6.07) is 15.8. The molecule has 4 rings (SSSR count). The van der Waals surface area contributed by atoms with E-state index in [-0.39, 0.29) is 17.8 Å². The molecule has 1 amide bonds. The second-order valence-electron chi connectivity index (χ2n) is 6.32. The smallest absolute Gasteiger partial charge is 0.249 e. The third kappa shape index (κ3) is 2.83. The van der Waals surface area contributed by atoms with Gasteiger partial charge in [-0.2, -0.15) is 5.10 Å². The lowest BCUT2D eigenvalue weighted by Crippen LogP contribution is -2.34. The van der Waals surface area contributed by atoms with Gasteiger partial charge in [0, 0.05) is 6.54 Å². The summed E-state index contributed by atoms with van der Waals surface area (Å²) in [5.74, 6) is -0.503. The first-order valence-corrected chi connectivity index (χ1v) is 8.57. The highest BCUT2D eigenvalue weighted by Crippen LogP contribution is 2.27. The maximum absolute atomic E-state index is 14.0. The summed E-state index contributed by atoms with van der Waals surface area (Å²) >= 11 is 0. The molecule has 1 aliphatic heterocycles. The Hall–Kier alpha value is -3.15. The quantitative estimate of drug-likeness (QED) is 0.783. The molecule has 2 aromatic carbocycles. The average molecular weight is 350 g/mol. The van der Waals surface area contributed by atoms with Gasteiger partial charge in [0.15, 0.2) is 0 Å². The summed E-state index contributed by atoms with van der Waals surface area (Å²) < 4.78 is 15.8. The molecule has 0 radical (unpaired) electrons. The number of amides is 1. The third-order valence-corrected chi connectivity index (χ3v) is 4.69. The second-order valence-corrected chi connectivity index (χ2v) is 6.32. The fourth-order valence-corrected chi connectivity index (χ4v) is 3.29. The van der Waals surface area contributed by atoms with Crippen LogP contribution in [0.15, 0.2) is 60.8 Å². The predicted octanol–water partition coefficient (Wildman–Crippen LogP) is 3.54. The first-order valence-electron chi connectivity index (χ1n) is 8.57. The van der Waals surface area contributed by atoms with E-state index in [1.54, 1.807) is 24.4 Å². The molecule has 1 saturated heterocycles. The van der Waals surface area contributed by atoms with Gasteiger partial charge >= 0.3 is 0 Å². The zero-order valence-corrected chi connectivity index (χ0v) is 14.4. The van der Waals surface area contributed by atoms with E-state index in [1.165, 1.54) is 11.0 Å². The van der Waals surface area contributed by atoms with E-state index >= 15 is 0 Å². The summed E-state index contributed by atoms with van der Waals surface area (Å²) in [7, 11) is 0. The molecule has 1 unspecified atom stereocenters. The number of nitrogens with zero attached hydrogens (tertiary/aromatic N) is 3. The number of hydrogen-bond donors (Lipinski definition) is 1. The van der Waals surface area contributed by atoms with Gasteiger partial charge in [-0.1, -0.05) is 30.3 Å². The van der Waals surface area contributed by atoms with Crippen molar-refractivity contribution in [2.24, 2.45) is 0 Å². The molecule has 6 heteroatoms. The number of anilines is 2. The van der Waals surface area contributed by atoms with Gasteiger partial charge in [-0.25, -0.2) is 9.07 Å². The van der Waals surface area contributed by atoms with E-state index in [1.807, 2.05) is 41.9 Å². The largest absolute Gasteiger partial charge is 0.371 e. The number of rotatable bonds is 4. The van der Waals surface area contributed by atoms with Crippen molar-refractivity contribution >= 4 is 17.3 Å². The molecule has 132 valence electrons. The molecule has 1 fully saturated rings. The average Bonchev–Trinajstić information content (AvgIpc) is 3.20. The van der Waals surface area contributed by atoms with Crippen LogP contribution in [0.1, 0.15) is 12.1 Å². The fourth-order valence-electron chi connectivity index (χ4n) is 3.29. The van der Waals surface area contributed by atoms with E-state index in [0.717, 1.165) is 17.1 Å². The van der Waals surface area contributed by atoms with E-state index < -0.39 is 0 Å². The number of carbonyl (C=O) groups is 1. The number of hydrogen-bond acceptors (Lipinski definition) is 3. The van der Waals surface area contributed by atoms with Crippen molar-refractivity contribution in [2.75, 3.05) is 16.8 Å². The van der Waals surface area contributed by atoms with Crippen molar-refractivity contribution in [2.45, 2.75) is 19.4 Å². The SMILES string of the molecule is Cc1c(NC2CCN(c3ccccc3F)C2=O)cnn1-c1ccccc1. The molecule has 3 aromatic rings. The van der Waals surface area contributed by atoms with Crippen LogP contribution < -0.4 is 10.2 Å². The van der Waals surface area contributed by atoms with Gasteiger partial charge in [-0.15, -0.1) is 0 Å². The Bertz CT molecular complexity index is 938. The molecule has 0 saturated carbocycles. The van der Waals surface area contributed by atoms with Crippen LogP contribution in [0.3, 0.4) is 0 Å². The van der Waals surface area contributed by atoms with Gasteiger partial charge < -0.3 is 10.2 Å². The predicted molar refractivity (Wildman–Crippen MR) is 99.1 cm³/mol. The van der Waals surface area contributed by atoms with Crippen LogP contribution in [-0.4, -0.2) is 28.3 Å². The van der Waals surface area contributed by atoms with Crippen molar-refractivity contribution in [3.05, 3.63) is 72.3 Å². The molecule has 1 atom stereocenters. The minimum Gasteiger partial charge on any atom is -0.371 e. The molecule has 1 aliphatic rings. The Morgan fingerprint density at radius 2 is 1.85 bits per heavy atom. The number of benzene rings is 2. The van der Waals surface area contributed by atoms with Gasteiger partial charge in [0.25, 0.3) is 0 Å². The highest BCUT2D eigenvalue weighted by Gasteiger charge is 2.34. The number of para-hydroxylation sites is 2. The maximum Gasteiger partial charge on any atom is 0.249 e. The molecular formula is C20H19FN4O. The van der Waals surface area contributed by atoms with Crippen molar-refractivity contribution < 1.29 is 9.18 Å². The molecule has 1 aromatic heterocycles. The Morgan fingerprint density at radius 3 is 2.62 bits per heavy atom. The molecule has 0 spiro atoms. The van der Waals surface area contributed by atoms with Crippen LogP contribution in [0.4, 0.5) is 15.8 Å². The van der Waals surface area contributed by atoms with Crippen LogP contribution in [-0.2, 0) is 4.79 Å². The van der Waals surface area contributed by atoms with Gasteiger partial charge in [-0.05, 0) is 37.6 Å². The highest BCUT2D eigenvalue weighted by atomic mass is 19.1. The first kappa shape index (κ1) is 16.3. The van der Waals surface area contributed by atoms with Crippen molar-refractivity contribution in [1.82, 2.24) is 9.78 Å². The normalized spacial score (nSPS) is 16.9. The molecule has 5 nitrogen and oxygen atoms in total. The number of nitrogens with one attached hydrogen (secondary N) is 1. The maximum atomic E-state index is 14.0. The van der Waals surface area contributed by atoms with Crippen LogP contribution in [0.25, 0.3) is 5.69 Å². The minimum absolute atomic E-state index is 0.123. The topological polar surface area (TPSA) is 50.2 Å². The van der Waals surface area contributed by atoms with E-state index in [2.05, 4.69) is 10.4 Å². The molecule has 1 N–H and O–H groups in total. The number of aromatic nitrogens is 2. The van der Waals surface area contributed by atoms with Crippen LogP contribution in [0.2, 0.25) is 0 Å². The lowest BCUT2D eigenvalue weighted by molar-refractivity contribution is -0.117. The Labute approximate surface area is 151 Å². The zero-order valence-electron chi connectivity index (χ0n) is 14.4. The van der Waals surface area contributed by atoms with E-state index in [0.29, 0.717) is 18.7 Å². The van der Waals surface area contributed by atoms with Crippen molar-refractivity contribution in [1.29, 1.82) is 0 Å². The second kappa shape index (κ2) is 6.63. The van der Waals surface area contributed by atoms with E-state index in [4.69, 9.17) is 0 Å². The minimum atomic E-state index is -0.387. The van der Waals surface area contributed by atoms with Crippen LogP contribution in [0.5, 0.6) is 0 Å². The summed E-state index contributed by atoms with van der Waals surface area (Å²) in [5.41, 5.74) is 3.03. The number of carbonyl (C=O) groups excluding carboxylic acids is 1. The lowest BCUT2D eigenvalue weighted by atomic mass is 10.2. The van der Waals surface area contributed by atoms with Gasteiger partial charge in [0.1, 0.15) is 11.9 Å². The fraction of sp³-hybridized carbons (Fsp3) is 0.200. The highest BCUT2D eigenvalue weighted by molar-refractivity contribution is 6.01. The summed E-state index contributed by atoms with van der Waals surface area (Å²) in [6.07, 6.45) is 2.34. The molecule has 0 bridgehead atoms. The zero-order chi connectivity index (χ0) is 18.1.